The number of rotatable bonds is 7. The van der Waals surface area contributed by atoms with E-state index in [2.05, 4.69) is 11.6 Å². The van der Waals surface area contributed by atoms with Crippen molar-refractivity contribution < 1.29 is 44.3 Å². The van der Waals surface area contributed by atoms with Crippen LogP contribution >= 0.6 is 11.3 Å². The summed E-state index contributed by atoms with van der Waals surface area (Å²) in [6.45, 7) is 2.19. The van der Waals surface area contributed by atoms with Crippen molar-refractivity contribution in [3.8, 4) is 5.06 Å². The predicted octanol–water partition coefficient (Wildman–Crippen LogP) is -1.41. The van der Waals surface area contributed by atoms with Crippen molar-refractivity contribution in [3.05, 3.63) is 17.0 Å². The van der Waals surface area contributed by atoms with Crippen molar-refractivity contribution in [2.75, 3.05) is 0 Å². The van der Waals surface area contributed by atoms with Gasteiger partial charge in [-0.25, -0.2) is 0 Å². The third-order valence-electron chi connectivity index (χ3n) is 2.13. The van der Waals surface area contributed by atoms with E-state index in [-0.39, 0.29) is 29.6 Å². The van der Waals surface area contributed by atoms with Crippen molar-refractivity contribution in [3.63, 3.8) is 0 Å². The van der Waals surface area contributed by atoms with Crippen LogP contribution in [0.2, 0.25) is 0 Å². The molecule has 0 fully saturated rings. The van der Waals surface area contributed by atoms with Gasteiger partial charge in [-0.05, 0) is 25.0 Å². The van der Waals surface area contributed by atoms with E-state index >= 15 is 0 Å². The quantitative estimate of drug-likeness (QED) is 0.478. The van der Waals surface area contributed by atoms with Crippen LogP contribution in [0, 0.1) is 0 Å². The van der Waals surface area contributed by atoms with E-state index in [9.17, 15) is 5.02 Å². The maximum absolute atomic E-state index is 10.3. The average Bonchev–Trinajstić information content (AvgIpc) is 2.59. The van der Waals surface area contributed by atoms with Crippen molar-refractivity contribution in [2.24, 2.45) is 0 Å². The Morgan fingerprint density at radius 3 is 2.75 bits per heavy atom. The second-order valence-electron chi connectivity index (χ2n) is 3.46. The van der Waals surface area contributed by atoms with E-state index in [4.69, 9.17) is 5.02 Å². The molecule has 0 aliphatic rings. The molecule has 0 aliphatic carbocycles. The Morgan fingerprint density at radius 2 is 2.12 bits per heavy atom. The minimum absolute atomic E-state index is 0. The van der Waals surface area contributed by atoms with Crippen LogP contribution < -0.4 is 39.2 Å². The Bertz CT molecular complexity index is 281. The van der Waals surface area contributed by atoms with E-state index in [1.54, 1.807) is 6.07 Å². The summed E-state index contributed by atoms with van der Waals surface area (Å²) >= 11 is 1.44. The molecular formula is C10H16BNaO3S. The average molecular weight is 250 g/mol. The van der Waals surface area contributed by atoms with E-state index in [1.165, 1.54) is 41.9 Å². The molecule has 0 spiro atoms. The number of hydrogen-bond acceptors (Lipinski definition) is 4. The smallest absolute Gasteiger partial charge is 0.820 e. The SMILES string of the molecule is CCCCCCc1ccc(OB([O-])O)s1.[Na+]. The molecule has 0 amide bonds. The normalized spacial score (nSPS) is 9.69. The van der Waals surface area contributed by atoms with E-state index in [0.29, 0.717) is 5.06 Å². The molecule has 6 heteroatoms. The standard InChI is InChI=1S/C10H16BO3S.Na/c1-2-3-4-5-6-9-7-8-10(15-9)14-11(12)13;/h7-8,12H,2-6H2,1H3;/q-1;+1. The third kappa shape index (κ3) is 6.94. The van der Waals surface area contributed by atoms with Gasteiger partial charge in [-0.15, -0.1) is 11.3 Å². The second-order valence-corrected chi connectivity index (χ2v) is 4.59. The van der Waals surface area contributed by atoms with Gasteiger partial charge in [0.05, 0.1) is 0 Å². The van der Waals surface area contributed by atoms with Gasteiger partial charge < -0.3 is 14.7 Å². The summed E-state index contributed by atoms with van der Waals surface area (Å²) in [4.78, 5) is 1.21. The molecule has 84 valence electrons. The Hall–Kier alpha value is 0.485. The van der Waals surface area contributed by atoms with Gasteiger partial charge in [-0.1, -0.05) is 26.2 Å². The minimum atomic E-state index is -1.96. The van der Waals surface area contributed by atoms with Gasteiger partial charge in [0.15, 0.2) is 5.06 Å². The molecule has 0 saturated heterocycles. The first-order valence-electron chi connectivity index (χ1n) is 5.31. The van der Waals surface area contributed by atoms with Crippen molar-refractivity contribution in [1.82, 2.24) is 0 Å². The summed E-state index contributed by atoms with van der Waals surface area (Å²) in [5, 5.41) is 19.3. The molecule has 0 radical (unpaired) electrons. The predicted molar refractivity (Wildman–Crippen MR) is 60.8 cm³/mol. The summed E-state index contributed by atoms with van der Waals surface area (Å²) in [6, 6.07) is 3.69. The molecule has 3 nitrogen and oxygen atoms in total. The number of aryl methyl sites for hydroxylation is 1. The molecule has 0 aliphatic heterocycles. The molecule has 0 unspecified atom stereocenters. The van der Waals surface area contributed by atoms with Crippen molar-refractivity contribution in [1.29, 1.82) is 0 Å². The summed E-state index contributed by atoms with van der Waals surface area (Å²) in [6.07, 6.45) is 5.96. The zero-order chi connectivity index (χ0) is 11.1. The Morgan fingerprint density at radius 1 is 1.38 bits per heavy atom. The van der Waals surface area contributed by atoms with Crippen LogP contribution in [0.15, 0.2) is 12.1 Å². The molecule has 1 aromatic heterocycles. The molecule has 16 heavy (non-hydrogen) atoms. The molecule has 1 heterocycles. The van der Waals surface area contributed by atoms with Crippen LogP contribution in [0.3, 0.4) is 0 Å². The van der Waals surface area contributed by atoms with Crippen LogP contribution in [0.4, 0.5) is 0 Å². The molecular weight excluding hydrogens is 234 g/mol. The van der Waals surface area contributed by atoms with Gasteiger partial charge in [0, 0.05) is 4.88 Å². The molecule has 1 rings (SSSR count). The Labute approximate surface area is 123 Å². The van der Waals surface area contributed by atoms with Gasteiger partial charge in [0.1, 0.15) is 0 Å². The van der Waals surface area contributed by atoms with Crippen LogP contribution in [0.25, 0.3) is 0 Å². The van der Waals surface area contributed by atoms with Crippen LogP contribution in [-0.2, 0) is 6.42 Å². The van der Waals surface area contributed by atoms with Crippen LogP contribution in [0.5, 0.6) is 5.06 Å². The second kappa shape index (κ2) is 9.51. The zero-order valence-electron chi connectivity index (χ0n) is 9.94. The van der Waals surface area contributed by atoms with Gasteiger partial charge in [-0.3, -0.25) is 0 Å². The maximum Gasteiger partial charge on any atom is 1.00 e. The van der Waals surface area contributed by atoms with Gasteiger partial charge in [-0.2, -0.15) is 0 Å². The molecule has 1 N–H and O–H groups in total. The first-order valence-corrected chi connectivity index (χ1v) is 6.13. The molecule has 0 saturated carbocycles. The number of unbranched alkanes of at least 4 members (excludes halogenated alkanes) is 3. The molecule has 0 atom stereocenters. The Balaban J connectivity index is 0.00000225. The topological polar surface area (TPSA) is 52.5 Å². The fourth-order valence-electron chi connectivity index (χ4n) is 1.38. The summed E-state index contributed by atoms with van der Waals surface area (Å²) in [7, 11) is -1.96. The number of hydrogen-bond donors (Lipinski definition) is 1. The maximum atomic E-state index is 10.3. The van der Waals surface area contributed by atoms with Crippen molar-refractivity contribution >= 4 is 18.7 Å². The zero-order valence-corrected chi connectivity index (χ0v) is 12.8. The van der Waals surface area contributed by atoms with Gasteiger partial charge in [0.2, 0.25) is 0 Å². The molecule has 0 aromatic carbocycles. The molecule has 1 aromatic rings. The first kappa shape index (κ1) is 16.5. The summed E-state index contributed by atoms with van der Waals surface area (Å²) in [5.74, 6) is 0. The monoisotopic (exact) mass is 250 g/mol. The summed E-state index contributed by atoms with van der Waals surface area (Å²) in [5.41, 5.74) is 0. The number of thiophene rings is 1. The van der Waals surface area contributed by atoms with E-state index in [1.807, 2.05) is 6.07 Å². The largest absolute Gasteiger partial charge is 1.00 e. The Kier molecular flexibility index (Phi) is 9.80. The first-order chi connectivity index (χ1) is 7.22. The van der Waals surface area contributed by atoms with Gasteiger partial charge >= 0.3 is 36.9 Å². The van der Waals surface area contributed by atoms with Crippen LogP contribution in [-0.4, -0.2) is 12.3 Å². The van der Waals surface area contributed by atoms with E-state index < -0.39 is 7.32 Å². The third-order valence-corrected chi connectivity index (χ3v) is 3.17. The van der Waals surface area contributed by atoms with Gasteiger partial charge in [0.25, 0.3) is 0 Å². The fraction of sp³-hybridized carbons (Fsp3) is 0.600. The van der Waals surface area contributed by atoms with Crippen molar-refractivity contribution in [2.45, 2.75) is 39.0 Å². The van der Waals surface area contributed by atoms with E-state index in [0.717, 1.165) is 6.42 Å². The minimum Gasteiger partial charge on any atom is -0.820 e. The fourth-order valence-corrected chi connectivity index (χ4v) is 2.29. The summed E-state index contributed by atoms with van der Waals surface area (Å²) < 4.78 is 4.64. The van der Waals surface area contributed by atoms with Crippen LogP contribution in [0.1, 0.15) is 37.5 Å². The molecule has 0 bridgehead atoms.